The predicted molar refractivity (Wildman–Crippen MR) is 83.5 cm³/mol. The van der Waals surface area contributed by atoms with E-state index in [9.17, 15) is 0 Å². The first-order valence-electron chi connectivity index (χ1n) is 8.59. The molecule has 19 heavy (non-hydrogen) atoms. The van der Waals surface area contributed by atoms with Gasteiger partial charge in [-0.15, -0.1) is 0 Å². The molecule has 1 aliphatic heterocycles. The van der Waals surface area contributed by atoms with Gasteiger partial charge >= 0.3 is 0 Å². The summed E-state index contributed by atoms with van der Waals surface area (Å²) in [5.41, 5.74) is 0.589. The van der Waals surface area contributed by atoms with Crippen molar-refractivity contribution in [1.29, 1.82) is 0 Å². The highest BCUT2D eigenvalue weighted by Crippen LogP contribution is 2.39. The quantitative estimate of drug-likeness (QED) is 0.756. The van der Waals surface area contributed by atoms with E-state index >= 15 is 0 Å². The van der Waals surface area contributed by atoms with E-state index in [4.69, 9.17) is 0 Å². The van der Waals surface area contributed by atoms with Crippen LogP contribution in [0.3, 0.4) is 0 Å². The van der Waals surface area contributed by atoms with E-state index in [1.807, 2.05) is 0 Å². The lowest BCUT2D eigenvalue weighted by atomic mass is 9.85. The molecule has 2 heteroatoms. The molecule has 1 atom stereocenters. The summed E-state index contributed by atoms with van der Waals surface area (Å²) in [7, 11) is 0. The van der Waals surface area contributed by atoms with E-state index in [0.717, 1.165) is 5.92 Å². The summed E-state index contributed by atoms with van der Waals surface area (Å²) in [5.74, 6) is 0.988. The van der Waals surface area contributed by atoms with Crippen LogP contribution in [0.25, 0.3) is 0 Å². The zero-order chi connectivity index (χ0) is 13.7. The number of hydrogen-bond acceptors (Lipinski definition) is 2. The van der Waals surface area contributed by atoms with Crippen molar-refractivity contribution in [2.45, 2.75) is 71.8 Å². The Hall–Kier alpha value is -0.0800. The average molecular weight is 266 g/mol. The first-order chi connectivity index (χ1) is 9.13. The third kappa shape index (κ3) is 4.46. The average Bonchev–Trinajstić information content (AvgIpc) is 2.99. The van der Waals surface area contributed by atoms with Gasteiger partial charge in [0.05, 0.1) is 0 Å². The van der Waals surface area contributed by atoms with Gasteiger partial charge in [0.25, 0.3) is 0 Å². The van der Waals surface area contributed by atoms with Crippen molar-refractivity contribution >= 4 is 0 Å². The van der Waals surface area contributed by atoms with Crippen LogP contribution in [0.2, 0.25) is 0 Å². The third-order valence-electron chi connectivity index (χ3n) is 5.18. The molecule has 2 fully saturated rings. The van der Waals surface area contributed by atoms with E-state index in [2.05, 4.69) is 31.0 Å². The second-order valence-electron chi connectivity index (χ2n) is 7.42. The predicted octanol–water partition coefficient (Wildman–Crippen LogP) is 3.67. The van der Waals surface area contributed by atoms with Crippen molar-refractivity contribution in [2.75, 3.05) is 26.2 Å². The van der Waals surface area contributed by atoms with Crippen LogP contribution in [0.5, 0.6) is 0 Å². The molecule has 2 aliphatic rings. The summed E-state index contributed by atoms with van der Waals surface area (Å²) in [6.07, 6.45) is 10.0. The Bertz CT molecular complexity index is 256. The fraction of sp³-hybridized carbons (Fsp3) is 1.00. The molecule has 0 spiro atoms. The fourth-order valence-electron chi connectivity index (χ4n) is 4.11. The highest BCUT2D eigenvalue weighted by molar-refractivity contribution is 4.91. The van der Waals surface area contributed by atoms with E-state index in [1.165, 1.54) is 71.1 Å². The molecule has 1 N–H and O–H groups in total. The highest BCUT2D eigenvalue weighted by Gasteiger charge is 2.37. The van der Waals surface area contributed by atoms with Gasteiger partial charge in [-0.05, 0) is 43.6 Å². The standard InChI is InChI=1S/C17H34N2/c1-4-7-16-8-11-19(12-16)14-17(9-5-6-10-17)13-18-15(2)3/h15-16,18H,4-14H2,1-3H3. The van der Waals surface area contributed by atoms with Gasteiger partial charge in [-0.25, -0.2) is 0 Å². The zero-order valence-electron chi connectivity index (χ0n) is 13.4. The molecule has 0 amide bonds. The Morgan fingerprint density at radius 2 is 2.00 bits per heavy atom. The van der Waals surface area contributed by atoms with Crippen molar-refractivity contribution in [2.24, 2.45) is 11.3 Å². The van der Waals surface area contributed by atoms with Crippen molar-refractivity contribution in [3.63, 3.8) is 0 Å². The largest absolute Gasteiger partial charge is 0.314 e. The van der Waals surface area contributed by atoms with E-state index < -0.39 is 0 Å². The van der Waals surface area contributed by atoms with Crippen LogP contribution < -0.4 is 5.32 Å². The molecule has 112 valence electrons. The molecule has 1 unspecified atom stereocenters. The van der Waals surface area contributed by atoms with Gasteiger partial charge in [0.15, 0.2) is 0 Å². The van der Waals surface area contributed by atoms with E-state index in [0.29, 0.717) is 11.5 Å². The van der Waals surface area contributed by atoms with Crippen LogP contribution in [-0.2, 0) is 0 Å². The van der Waals surface area contributed by atoms with Crippen LogP contribution in [0.4, 0.5) is 0 Å². The summed E-state index contributed by atoms with van der Waals surface area (Å²) in [6, 6.07) is 0.629. The molecule has 1 saturated carbocycles. The van der Waals surface area contributed by atoms with Crippen LogP contribution >= 0.6 is 0 Å². The lowest BCUT2D eigenvalue weighted by Gasteiger charge is -2.34. The van der Waals surface area contributed by atoms with Gasteiger partial charge in [0, 0.05) is 25.7 Å². The number of nitrogens with one attached hydrogen (secondary N) is 1. The van der Waals surface area contributed by atoms with E-state index in [1.54, 1.807) is 0 Å². The second-order valence-corrected chi connectivity index (χ2v) is 7.42. The molecule has 1 aliphatic carbocycles. The molecule has 0 aromatic carbocycles. The minimum Gasteiger partial charge on any atom is -0.314 e. The number of nitrogens with zero attached hydrogens (tertiary/aromatic N) is 1. The Morgan fingerprint density at radius 3 is 2.63 bits per heavy atom. The monoisotopic (exact) mass is 266 g/mol. The minimum atomic E-state index is 0.589. The molecule has 2 nitrogen and oxygen atoms in total. The lowest BCUT2D eigenvalue weighted by Crippen LogP contribution is -2.43. The second kappa shape index (κ2) is 7.08. The maximum Gasteiger partial charge on any atom is 0.00503 e. The molecule has 0 aromatic heterocycles. The van der Waals surface area contributed by atoms with Crippen molar-refractivity contribution < 1.29 is 0 Å². The van der Waals surface area contributed by atoms with Crippen molar-refractivity contribution in [3.05, 3.63) is 0 Å². The smallest absolute Gasteiger partial charge is 0.00503 e. The molecular formula is C17H34N2. The zero-order valence-corrected chi connectivity index (χ0v) is 13.4. The van der Waals surface area contributed by atoms with Gasteiger partial charge in [-0.3, -0.25) is 0 Å². The molecule has 2 rings (SSSR count). The third-order valence-corrected chi connectivity index (χ3v) is 5.18. The summed E-state index contributed by atoms with van der Waals surface area (Å²) in [5, 5.41) is 3.71. The summed E-state index contributed by atoms with van der Waals surface area (Å²) in [6.45, 7) is 12.2. The molecule has 0 radical (unpaired) electrons. The van der Waals surface area contributed by atoms with Gasteiger partial charge in [0.1, 0.15) is 0 Å². The van der Waals surface area contributed by atoms with Crippen LogP contribution in [0.1, 0.15) is 65.7 Å². The number of hydrogen-bond donors (Lipinski definition) is 1. The molecular weight excluding hydrogens is 232 g/mol. The van der Waals surface area contributed by atoms with Crippen LogP contribution in [0.15, 0.2) is 0 Å². The maximum atomic E-state index is 3.71. The Balaban J connectivity index is 1.83. The Morgan fingerprint density at radius 1 is 1.26 bits per heavy atom. The SMILES string of the molecule is CCCC1CCN(CC2(CNC(C)C)CCCC2)C1. The first kappa shape index (κ1) is 15.3. The Labute approximate surface area is 120 Å². The maximum absolute atomic E-state index is 3.71. The summed E-state index contributed by atoms with van der Waals surface area (Å²) < 4.78 is 0. The lowest BCUT2D eigenvalue weighted by molar-refractivity contribution is 0.164. The van der Waals surface area contributed by atoms with Gasteiger partial charge in [-0.2, -0.15) is 0 Å². The fourth-order valence-corrected chi connectivity index (χ4v) is 4.11. The minimum absolute atomic E-state index is 0.589. The first-order valence-corrected chi connectivity index (χ1v) is 8.59. The molecule has 0 bridgehead atoms. The van der Waals surface area contributed by atoms with Crippen LogP contribution in [-0.4, -0.2) is 37.1 Å². The molecule has 1 saturated heterocycles. The van der Waals surface area contributed by atoms with Gasteiger partial charge < -0.3 is 10.2 Å². The molecule has 1 heterocycles. The van der Waals surface area contributed by atoms with Gasteiger partial charge in [-0.1, -0.05) is 40.0 Å². The van der Waals surface area contributed by atoms with Gasteiger partial charge in [0.2, 0.25) is 0 Å². The summed E-state index contributed by atoms with van der Waals surface area (Å²) in [4.78, 5) is 2.77. The van der Waals surface area contributed by atoms with Crippen LogP contribution in [0, 0.1) is 11.3 Å². The number of rotatable bonds is 7. The molecule has 0 aromatic rings. The normalized spacial score (nSPS) is 27.5. The van der Waals surface area contributed by atoms with Crippen molar-refractivity contribution in [1.82, 2.24) is 10.2 Å². The number of likely N-dealkylation sites (tertiary alicyclic amines) is 1. The summed E-state index contributed by atoms with van der Waals surface area (Å²) >= 11 is 0. The highest BCUT2D eigenvalue weighted by atomic mass is 15.2. The van der Waals surface area contributed by atoms with Crippen molar-refractivity contribution in [3.8, 4) is 0 Å². The van der Waals surface area contributed by atoms with E-state index in [-0.39, 0.29) is 0 Å². The Kier molecular flexibility index (Phi) is 5.70. The topological polar surface area (TPSA) is 15.3 Å².